The van der Waals surface area contributed by atoms with Gasteiger partial charge in [0.05, 0.1) is 11.9 Å². The van der Waals surface area contributed by atoms with Crippen molar-refractivity contribution >= 4 is 33.9 Å². The molecule has 1 aromatic heterocycles. The van der Waals surface area contributed by atoms with Crippen molar-refractivity contribution in [3.05, 3.63) is 35.9 Å². The maximum Gasteiger partial charge on any atom is 0.390 e. The Kier molecular flexibility index (Phi) is 4.08. The molecule has 0 aliphatic heterocycles. The van der Waals surface area contributed by atoms with Crippen LogP contribution in [0.4, 0.5) is 19.0 Å². The smallest absolute Gasteiger partial charge is 0.389 e. The molecule has 0 radical (unpaired) electrons. The van der Waals surface area contributed by atoms with Crippen molar-refractivity contribution in [1.29, 1.82) is 0 Å². The molecule has 0 amide bonds. The number of alkyl halides is 3. The van der Waals surface area contributed by atoms with Gasteiger partial charge in [-0.05, 0) is 12.1 Å². The Labute approximate surface area is 119 Å². The minimum absolute atomic E-state index is 0.183. The van der Waals surface area contributed by atoms with Crippen LogP contribution in [0.25, 0.3) is 10.9 Å². The van der Waals surface area contributed by atoms with E-state index in [4.69, 9.17) is 18.0 Å². The van der Waals surface area contributed by atoms with Crippen molar-refractivity contribution in [2.75, 3.05) is 11.9 Å². The second-order valence-corrected chi connectivity index (χ2v) is 4.67. The lowest BCUT2D eigenvalue weighted by Crippen LogP contribution is -2.16. The van der Waals surface area contributed by atoms with E-state index in [0.717, 1.165) is 5.39 Å². The molecule has 0 saturated carbocycles. The summed E-state index contributed by atoms with van der Waals surface area (Å²) in [5.41, 5.74) is 6.87. The lowest BCUT2D eigenvalue weighted by molar-refractivity contribution is -0.131. The number of anilines is 1. The van der Waals surface area contributed by atoms with Crippen molar-refractivity contribution in [2.24, 2.45) is 5.73 Å². The van der Waals surface area contributed by atoms with Gasteiger partial charge in [-0.2, -0.15) is 13.2 Å². The van der Waals surface area contributed by atoms with Gasteiger partial charge in [0.2, 0.25) is 0 Å². The van der Waals surface area contributed by atoms with Crippen molar-refractivity contribution < 1.29 is 13.2 Å². The van der Waals surface area contributed by atoms with E-state index in [0.29, 0.717) is 16.9 Å². The van der Waals surface area contributed by atoms with Crippen LogP contribution in [-0.2, 0) is 0 Å². The highest BCUT2D eigenvalue weighted by molar-refractivity contribution is 7.80. The summed E-state index contributed by atoms with van der Waals surface area (Å²) in [4.78, 5) is 4.43. The molecule has 3 nitrogen and oxygen atoms in total. The highest BCUT2D eigenvalue weighted by Crippen LogP contribution is 2.22. The number of fused-ring (bicyclic) bond motifs is 1. The van der Waals surface area contributed by atoms with Crippen LogP contribution >= 0.6 is 12.2 Å². The summed E-state index contributed by atoms with van der Waals surface area (Å²) in [5.74, 6) is 0.329. The number of para-hydroxylation sites is 1. The number of pyridine rings is 1. The summed E-state index contributed by atoms with van der Waals surface area (Å²) in [5, 5.41) is 3.42. The van der Waals surface area contributed by atoms with Gasteiger partial charge >= 0.3 is 6.18 Å². The number of halogens is 3. The molecule has 20 heavy (non-hydrogen) atoms. The molecule has 1 heterocycles. The van der Waals surface area contributed by atoms with E-state index in [-0.39, 0.29) is 11.5 Å². The lowest BCUT2D eigenvalue weighted by atomic mass is 10.1. The van der Waals surface area contributed by atoms with Crippen LogP contribution in [0.3, 0.4) is 0 Å². The Balaban J connectivity index is 2.28. The third kappa shape index (κ3) is 3.57. The van der Waals surface area contributed by atoms with Crippen LogP contribution in [-0.4, -0.2) is 22.7 Å². The zero-order valence-corrected chi connectivity index (χ0v) is 11.2. The highest BCUT2D eigenvalue weighted by atomic mass is 32.1. The Hall–Kier alpha value is -1.89. The number of rotatable bonds is 4. The van der Waals surface area contributed by atoms with Crippen molar-refractivity contribution in [3.63, 3.8) is 0 Å². The summed E-state index contributed by atoms with van der Waals surface area (Å²) < 4.78 is 36.4. The fourth-order valence-corrected chi connectivity index (χ4v) is 1.97. The molecule has 0 atom stereocenters. The van der Waals surface area contributed by atoms with E-state index in [9.17, 15) is 13.2 Å². The van der Waals surface area contributed by atoms with Gasteiger partial charge in [0.25, 0.3) is 0 Å². The number of hydrogen-bond acceptors (Lipinski definition) is 3. The molecule has 0 aliphatic carbocycles. The van der Waals surface area contributed by atoms with Gasteiger partial charge in [-0.25, -0.2) is 4.98 Å². The number of nitrogens with zero attached hydrogens (tertiary/aromatic N) is 1. The van der Waals surface area contributed by atoms with E-state index in [1.807, 2.05) is 12.1 Å². The van der Waals surface area contributed by atoms with Gasteiger partial charge in [-0.3, -0.25) is 0 Å². The third-order valence-electron chi connectivity index (χ3n) is 2.70. The molecule has 0 bridgehead atoms. The molecule has 2 aromatic rings. The number of nitrogens with two attached hydrogens (primary N) is 1. The van der Waals surface area contributed by atoms with Crippen LogP contribution in [0, 0.1) is 0 Å². The first-order chi connectivity index (χ1) is 9.37. The standard InChI is InChI=1S/C13H12F3N3S/c14-13(15,16)5-6-18-11-7-9(12(17)20)8-3-1-2-4-10(8)19-11/h1-4,7H,5-6H2,(H2,17,20)(H,18,19). The fraction of sp³-hybridized carbons (Fsp3) is 0.231. The summed E-state index contributed by atoms with van der Waals surface area (Å²) in [6, 6.07) is 8.75. The van der Waals surface area contributed by atoms with Crippen molar-refractivity contribution in [2.45, 2.75) is 12.6 Å². The molecule has 2 rings (SSSR count). The zero-order valence-electron chi connectivity index (χ0n) is 10.4. The third-order valence-corrected chi connectivity index (χ3v) is 2.92. The van der Waals surface area contributed by atoms with Gasteiger partial charge in [0.1, 0.15) is 10.8 Å². The highest BCUT2D eigenvalue weighted by Gasteiger charge is 2.26. The summed E-state index contributed by atoms with van der Waals surface area (Å²) in [6.07, 6.45) is -5.13. The van der Waals surface area contributed by atoms with E-state index in [1.54, 1.807) is 18.2 Å². The molecule has 1 aromatic carbocycles. The average Bonchev–Trinajstić information content (AvgIpc) is 2.36. The molecule has 0 saturated heterocycles. The second-order valence-electron chi connectivity index (χ2n) is 4.23. The first-order valence-electron chi connectivity index (χ1n) is 5.87. The summed E-state index contributed by atoms with van der Waals surface area (Å²) in [7, 11) is 0. The summed E-state index contributed by atoms with van der Waals surface area (Å²) in [6.45, 7) is -0.244. The average molecular weight is 299 g/mol. The Morgan fingerprint density at radius 2 is 2.00 bits per heavy atom. The van der Waals surface area contributed by atoms with Crippen LogP contribution in [0.2, 0.25) is 0 Å². The predicted molar refractivity (Wildman–Crippen MR) is 76.8 cm³/mol. The van der Waals surface area contributed by atoms with Crippen molar-refractivity contribution in [3.8, 4) is 0 Å². The lowest BCUT2D eigenvalue weighted by Gasteiger charge is -2.11. The largest absolute Gasteiger partial charge is 0.390 e. The van der Waals surface area contributed by atoms with Crippen LogP contribution < -0.4 is 11.1 Å². The van der Waals surface area contributed by atoms with Gasteiger partial charge in [-0.1, -0.05) is 30.4 Å². The first kappa shape index (κ1) is 14.5. The SMILES string of the molecule is NC(=S)c1cc(NCCC(F)(F)F)nc2ccccc12. The zero-order chi connectivity index (χ0) is 14.8. The molecule has 3 N–H and O–H groups in total. The van der Waals surface area contributed by atoms with Gasteiger partial charge in [0.15, 0.2) is 0 Å². The van der Waals surface area contributed by atoms with Gasteiger partial charge in [-0.15, -0.1) is 0 Å². The first-order valence-corrected chi connectivity index (χ1v) is 6.28. The van der Waals surface area contributed by atoms with Crippen LogP contribution in [0.1, 0.15) is 12.0 Å². The molecular weight excluding hydrogens is 287 g/mol. The minimum Gasteiger partial charge on any atom is -0.389 e. The van der Waals surface area contributed by atoms with Gasteiger partial charge in [0, 0.05) is 17.5 Å². The fourth-order valence-electron chi connectivity index (χ4n) is 1.80. The number of nitrogens with one attached hydrogen (secondary N) is 1. The Morgan fingerprint density at radius 1 is 1.30 bits per heavy atom. The van der Waals surface area contributed by atoms with E-state index in [1.165, 1.54) is 0 Å². The second kappa shape index (κ2) is 5.62. The molecule has 0 fully saturated rings. The van der Waals surface area contributed by atoms with E-state index >= 15 is 0 Å². The maximum absolute atomic E-state index is 12.1. The molecular formula is C13H12F3N3S. The van der Waals surface area contributed by atoms with E-state index in [2.05, 4.69) is 10.3 Å². The monoisotopic (exact) mass is 299 g/mol. The quantitative estimate of drug-likeness (QED) is 0.851. The predicted octanol–water partition coefficient (Wildman–Crippen LogP) is 3.23. The molecule has 7 heteroatoms. The Bertz CT molecular complexity index is 640. The van der Waals surface area contributed by atoms with Gasteiger partial charge < -0.3 is 11.1 Å². The van der Waals surface area contributed by atoms with E-state index < -0.39 is 12.6 Å². The van der Waals surface area contributed by atoms with Crippen LogP contribution in [0.5, 0.6) is 0 Å². The topological polar surface area (TPSA) is 50.9 Å². The normalized spacial score (nSPS) is 11.6. The maximum atomic E-state index is 12.1. The van der Waals surface area contributed by atoms with Crippen LogP contribution in [0.15, 0.2) is 30.3 Å². The molecule has 0 aliphatic rings. The molecule has 106 valence electrons. The molecule has 0 spiro atoms. The number of thiocarbonyl (C=S) groups is 1. The Morgan fingerprint density at radius 3 is 2.65 bits per heavy atom. The van der Waals surface area contributed by atoms with Crippen molar-refractivity contribution in [1.82, 2.24) is 4.98 Å². The number of hydrogen-bond donors (Lipinski definition) is 2. The number of aromatic nitrogens is 1. The molecule has 0 unspecified atom stereocenters. The minimum atomic E-state index is -4.20. The number of benzene rings is 1. The summed E-state index contributed by atoms with van der Waals surface area (Å²) >= 11 is 4.96.